The molecule has 0 fully saturated rings. The minimum Gasteiger partial charge on any atom is -0.349 e. The SMILES string of the molecule is C[C@H](NC(=O)Cc1ccc(F)cc1)c1ccc2[nH]c(=O)[nH]c2c1. The Bertz CT molecular complexity index is 896. The number of hydrogen-bond acceptors (Lipinski definition) is 2. The van der Waals surface area contributed by atoms with Crippen LogP contribution in [0.3, 0.4) is 0 Å². The van der Waals surface area contributed by atoms with Crippen molar-refractivity contribution >= 4 is 16.9 Å². The molecule has 3 rings (SSSR count). The smallest absolute Gasteiger partial charge is 0.323 e. The van der Waals surface area contributed by atoms with Crippen LogP contribution in [0.25, 0.3) is 11.0 Å². The Balaban J connectivity index is 1.69. The van der Waals surface area contributed by atoms with Gasteiger partial charge in [0, 0.05) is 0 Å². The Labute approximate surface area is 131 Å². The van der Waals surface area contributed by atoms with Crippen LogP contribution >= 0.6 is 0 Å². The predicted molar refractivity (Wildman–Crippen MR) is 85.6 cm³/mol. The molecule has 23 heavy (non-hydrogen) atoms. The normalized spacial score (nSPS) is 12.3. The molecule has 1 amide bonds. The van der Waals surface area contributed by atoms with E-state index in [9.17, 15) is 14.0 Å². The van der Waals surface area contributed by atoms with Gasteiger partial charge in [-0.25, -0.2) is 9.18 Å². The number of benzene rings is 2. The molecular weight excluding hydrogens is 297 g/mol. The number of aromatic nitrogens is 2. The lowest BCUT2D eigenvalue weighted by Crippen LogP contribution is -2.28. The Morgan fingerprint density at radius 2 is 1.83 bits per heavy atom. The van der Waals surface area contributed by atoms with Crippen LogP contribution in [0.4, 0.5) is 4.39 Å². The molecule has 0 saturated carbocycles. The maximum Gasteiger partial charge on any atom is 0.323 e. The van der Waals surface area contributed by atoms with Crippen molar-refractivity contribution in [3.63, 3.8) is 0 Å². The number of H-pyrrole nitrogens is 2. The van der Waals surface area contributed by atoms with Gasteiger partial charge < -0.3 is 15.3 Å². The van der Waals surface area contributed by atoms with Crippen molar-refractivity contribution in [2.24, 2.45) is 0 Å². The average molecular weight is 313 g/mol. The Morgan fingerprint density at radius 3 is 2.57 bits per heavy atom. The van der Waals surface area contributed by atoms with E-state index >= 15 is 0 Å². The van der Waals surface area contributed by atoms with Gasteiger partial charge in [0.2, 0.25) is 5.91 Å². The van der Waals surface area contributed by atoms with Crippen molar-refractivity contribution in [3.05, 3.63) is 69.9 Å². The molecule has 0 bridgehead atoms. The highest BCUT2D eigenvalue weighted by Crippen LogP contribution is 2.17. The summed E-state index contributed by atoms with van der Waals surface area (Å²) in [6.07, 6.45) is 0.188. The molecule has 6 heteroatoms. The van der Waals surface area contributed by atoms with E-state index in [0.29, 0.717) is 5.52 Å². The largest absolute Gasteiger partial charge is 0.349 e. The summed E-state index contributed by atoms with van der Waals surface area (Å²) >= 11 is 0. The molecule has 0 aliphatic heterocycles. The van der Waals surface area contributed by atoms with Crippen molar-refractivity contribution < 1.29 is 9.18 Å². The van der Waals surface area contributed by atoms with E-state index in [2.05, 4.69) is 15.3 Å². The van der Waals surface area contributed by atoms with Crippen LogP contribution in [0.1, 0.15) is 24.1 Å². The van der Waals surface area contributed by atoms with Gasteiger partial charge in [0.05, 0.1) is 23.5 Å². The first kappa shape index (κ1) is 15.0. The Kier molecular flexibility index (Phi) is 3.97. The molecule has 2 aromatic carbocycles. The molecule has 1 aromatic heterocycles. The van der Waals surface area contributed by atoms with E-state index in [1.54, 1.807) is 18.2 Å². The summed E-state index contributed by atoms with van der Waals surface area (Å²) in [5.74, 6) is -0.469. The topological polar surface area (TPSA) is 77.8 Å². The number of carbonyl (C=O) groups is 1. The zero-order chi connectivity index (χ0) is 16.4. The summed E-state index contributed by atoms with van der Waals surface area (Å²) in [4.78, 5) is 28.7. The van der Waals surface area contributed by atoms with Crippen molar-refractivity contribution in [1.29, 1.82) is 0 Å². The van der Waals surface area contributed by atoms with Crippen molar-refractivity contribution in [2.45, 2.75) is 19.4 Å². The molecular formula is C17H16FN3O2. The zero-order valence-electron chi connectivity index (χ0n) is 12.5. The molecule has 3 aromatic rings. The first-order valence-corrected chi connectivity index (χ1v) is 7.27. The third-order valence-electron chi connectivity index (χ3n) is 3.70. The number of amides is 1. The summed E-state index contributed by atoms with van der Waals surface area (Å²) in [6, 6.07) is 11.1. The van der Waals surface area contributed by atoms with Crippen molar-refractivity contribution in [1.82, 2.24) is 15.3 Å². The maximum atomic E-state index is 12.9. The van der Waals surface area contributed by atoms with Gasteiger partial charge >= 0.3 is 5.69 Å². The summed E-state index contributed by atoms with van der Waals surface area (Å²) in [6.45, 7) is 1.87. The van der Waals surface area contributed by atoms with Crippen molar-refractivity contribution in [3.8, 4) is 0 Å². The van der Waals surface area contributed by atoms with E-state index in [1.807, 2.05) is 19.1 Å². The van der Waals surface area contributed by atoms with Gasteiger partial charge in [-0.2, -0.15) is 0 Å². The summed E-state index contributed by atoms with van der Waals surface area (Å²) in [5, 5.41) is 2.90. The number of aromatic amines is 2. The van der Waals surface area contributed by atoms with Gasteiger partial charge in [0.1, 0.15) is 5.82 Å². The van der Waals surface area contributed by atoms with Crippen LogP contribution in [-0.4, -0.2) is 15.9 Å². The molecule has 0 aliphatic carbocycles. The van der Waals surface area contributed by atoms with Gasteiger partial charge in [0.25, 0.3) is 0 Å². The maximum absolute atomic E-state index is 12.9. The number of nitrogens with one attached hydrogen (secondary N) is 3. The highest BCUT2D eigenvalue weighted by atomic mass is 19.1. The summed E-state index contributed by atoms with van der Waals surface area (Å²) in [5.41, 5.74) is 2.81. The molecule has 1 heterocycles. The van der Waals surface area contributed by atoms with E-state index in [1.165, 1.54) is 12.1 Å². The second-order valence-electron chi connectivity index (χ2n) is 5.48. The second-order valence-corrected chi connectivity index (χ2v) is 5.48. The van der Waals surface area contributed by atoms with Crippen molar-refractivity contribution in [2.75, 3.05) is 0 Å². The number of halogens is 1. The van der Waals surface area contributed by atoms with Crippen LogP contribution < -0.4 is 11.0 Å². The quantitative estimate of drug-likeness (QED) is 0.692. The molecule has 0 radical (unpaired) electrons. The minimum atomic E-state index is -0.323. The second kappa shape index (κ2) is 6.08. The van der Waals surface area contributed by atoms with Gasteiger partial charge in [-0.3, -0.25) is 4.79 Å². The molecule has 0 aliphatic rings. The number of carbonyl (C=O) groups excluding carboxylic acids is 1. The average Bonchev–Trinajstić information content (AvgIpc) is 2.88. The summed E-state index contributed by atoms with van der Waals surface area (Å²) < 4.78 is 12.9. The third-order valence-corrected chi connectivity index (χ3v) is 3.70. The molecule has 0 saturated heterocycles. The van der Waals surface area contributed by atoms with Crippen LogP contribution in [0.5, 0.6) is 0 Å². The van der Waals surface area contributed by atoms with Crippen LogP contribution in [0, 0.1) is 5.82 Å². The fourth-order valence-electron chi connectivity index (χ4n) is 2.48. The number of imidazole rings is 1. The van der Waals surface area contributed by atoms with Gasteiger partial charge in [-0.1, -0.05) is 18.2 Å². The lowest BCUT2D eigenvalue weighted by atomic mass is 10.1. The molecule has 5 nitrogen and oxygen atoms in total. The van der Waals surface area contributed by atoms with E-state index in [4.69, 9.17) is 0 Å². The monoisotopic (exact) mass is 313 g/mol. The molecule has 1 atom stereocenters. The highest BCUT2D eigenvalue weighted by molar-refractivity contribution is 5.79. The molecule has 0 unspecified atom stereocenters. The first-order chi connectivity index (χ1) is 11.0. The number of hydrogen-bond donors (Lipinski definition) is 3. The van der Waals surface area contributed by atoms with Crippen LogP contribution in [0.15, 0.2) is 47.3 Å². The van der Waals surface area contributed by atoms with E-state index in [0.717, 1.165) is 16.6 Å². The van der Waals surface area contributed by atoms with Gasteiger partial charge in [-0.05, 0) is 42.3 Å². The van der Waals surface area contributed by atoms with Gasteiger partial charge in [0.15, 0.2) is 0 Å². The number of fused-ring (bicyclic) bond motifs is 1. The predicted octanol–water partition coefficient (Wildman–Crippen LogP) is 2.42. The highest BCUT2D eigenvalue weighted by Gasteiger charge is 2.11. The zero-order valence-corrected chi connectivity index (χ0v) is 12.5. The van der Waals surface area contributed by atoms with Gasteiger partial charge in [-0.15, -0.1) is 0 Å². The lowest BCUT2D eigenvalue weighted by Gasteiger charge is -2.14. The molecule has 0 spiro atoms. The lowest BCUT2D eigenvalue weighted by molar-refractivity contribution is -0.121. The fourth-order valence-corrected chi connectivity index (χ4v) is 2.48. The minimum absolute atomic E-state index is 0.147. The van der Waals surface area contributed by atoms with E-state index in [-0.39, 0.29) is 29.9 Å². The standard InChI is InChI=1S/C17H16FN3O2/c1-10(12-4-7-14-15(9-12)21-17(23)20-14)19-16(22)8-11-2-5-13(18)6-3-11/h2-7,9-10H,8H2,1H3,(H,19,22)(H2,20,21,23)/t10-/m0/s1. The Morgan fingerprint density at radius 1 is 1.13 bits per heavy atom. The Hall–Kier alpha value is -2.89. The van der Waals surface area contributed by atoms with Crippen LogP contribution in [0.2, 0.25) is 0 Å². The third kappa shape index (κ3) is 3.48. The first-order valence-electron chi connectivity index (χ1n) is 7.27. The van der Waals surface area contributed by atoms with Crippen LogP contribution in [-0.2, 0) is 11.2 Å². The summed E-state index contributed by atoms with van der Waals surface area (Å²) in [7, 11) is 0. The fraction of sp³-hybridized carbons (Fsp3) is 0.176. The molecule has 3 N–H and O–H groups in total. The number of rotatable bonds is 4. The molecule has 118 valence electrons. The van der Waals surface area contributed by atoms with E-state index < -0.39 is 0 Å².